The highest BCUT2D eigenvalue weighted by Gasteiger charge is 2.52. The van der Waals surface area contributed by atoms with Crippen LogP contribution in [0.15, 0.2) is 48.7 Å². The largest absolute Gasteiger partial charge is 0.342 e. The van der Waals surface area contributed by atoms with Crippen LogP contribution in [0.3, 0.4) is 0 Å². The van der Waals surface area contributed by atoms with Crippen LogP contribution in [0, 0.1) is 31.6 Å². The van der Waals surface area contributed by atoms with Gasteiger partial charge in [0.05, 0.1) is 17.0 Å². The number of benzene rings is 1. The van der Waals surface area contributed by atoms with Crippen LogP contribution in [0.2, 0.25) is 0 Å². The Labute approximate surface area is 256 Å². The van der Waals surface area contributed by atoms with Crippen molar-refractivity contribution in [2.24, 2.45) is 17.8 Å². The summed E-state index contributed by atoms with van der Waals surface area (Å²) in [6.07, 6.45) is 2.72. The zero-order valence-corrected chi connectivity index (χ0v) is 25.3. The minimum absolute atomic E-state index is 0.0269. The van der Waals surface area contributed by atoms with Crippen LogP contribution in [0.5, 0.6) is 0 Å². The molecule has 4 aliphatic rings. The van der Waals surface area contributed by atoms with Crippen molar-refractivity contribution < 1.29 is 18.4 Å². The smallest absolute Gasteiger partial charge is 0.257 e. The summed E-state index contributed by atoms with van der Waals surface area (Å²) in [4.78, 5) is 33.1. The molecular weight excluding hydrogens is 564 g/mol. The van der Waals surface area contributed by atoms with Crippen LogP contribution in [0.25, 0.3) is 5.82 Å². The molecule has 11 heteroatoms. The number of amides is 2. The second-order valence-electron chi connectivity index (χ2n) is 13.4. The molecule has 4 fully saturated rings. The second kappa shape index (κ2) is 11.0. The topological polar surface area (TPSA) is 87.5 Å². The molecule has 2 aromatic heterocycles. The number of hydrogen-bond donors (Lipinski definition) is 0. The summed E-state index contributed by atoms with van der Waals surface area (Å²) in [5, 5.41) is 12.7. The zero-order chi connectivity index (χ0) is 30.6. The standard InChI is InChI=1S/C33H39F2N7O2/c1-22-29(23(2)42(38-22)28-9-6-12-36-37-28)31(44)41-19-25-17-39(18-26(25)20-41)13-10-32(27-7-4-3-5-8-27)11-14-40(21-32)30(43)24-15-33(34,35)16-24/h3-9,12,24-26H,10-11,13-21H2,1-2H3. The van der Waals surface area contributed by atoms with E-state index in [0.29, 0.717) is 42.0 Å². The minimum atomic E-state index is -2.69. The van der Waals surface area contributed by atoms with Crippen molar-refractivity contribution in [1.29, 1.82) is 0 Å². The summed E-state index contributed by atoms with van der Waals surface area (Å²) in [5.74, 6) is -1.89. The fourth-order valence-corrected chi connectivity index (χ4v) is 8.08. The molecule has 3 aromatic rings. The predicted octanol–water partition coefficient (Wildman–Crippen LogP) is 3.89. The fourth-order valence-electron chi connectivity index (χ4n) is 8.08. The van der Waals surface area contributed by atoms with Gasteiger partial charge in [-0.1, -0.05) is 30.3 Å². The first kappa shape index (κ1) is 29.0. The Hall–Kier alpha value is -3.73. The van der Waals surface area contributed by atoms with Crippen molar-refractivity contribution in [1.82, 2.24) is 34.7 Å². The second-order valence-corrected chi connectivity index (χ2v) is 13.4. The van der Waals surface area contributed by atoms with E-state index in [1.165, 1.54) is 5.56 Å². The molecule has 44 heavy (non-hydrogen) atoms. The first-order valence-corrected chi connectivity index (χ1v) is 15.7. The molecule has 2 amide bonds. The first-order valence-electron chi connectivity index (χ1n) is 15.7. The Morgan fingerprint density at radius 2 is 1.68 bits per heavy atom. The number of nitrogens with zero attached hydrogens (tertiary/aromatic N) is 7. The Morgan fingerprint density at radius 1 is 0.955 bits per heavy atom. The number of hydrogen-bond acceptors (Lipinski definition) is 6. The average molecular weight is 604 g/mol. The van der Waals surface area contributed by atoms with Crippen LogP contribution in [-0.4, -0.2) is 98.2 Å². The number of aromatic nitrogens is 4. The third-order valence-corrected chi connectivity index (χ3v) is 10.5. The van der Waals surface area contributed by atoms with E-state index in [9.17, 15) is 18.4 Å². The van der Waals surface area contributed by atoms with Gasteiger partial charge in [-0.2, -0.15) is 10.2 Å². The molecule has 3 aliphatic heterocycles. The van der Waals surface area contributed by atoms with Crippen LogP contribution in [0.4, 0.5) is 8.78 Å². The molecule has 1 aromatic carbocycles. The quantitative estimate of drug-likeness (QED) is 0.408. The van der Waals surface area contributed by atoms with Gasteiger partial charge in [-0.15, -0.1) is 5.10 Å². The number of aryl methyl sites for hydroxylation is 1. The Bertz CT molecular complexity index is 1530. The van der Waals surface area contributed by atoms with E-state index in [1.54, 1.807) is 16.9 Å². The van der Waals surface area contributed by atoms with E-state index in [0.717, 1.165) is 51.3 Å². The molecule has 3 atom stereocenters. The number of fused-ring (bicyclic) bond motifs is 1. The summed E-state index contributed by atoms with van der Waals surface area (Å²) in [6, 6.07) is 14.0. The van der Waals surface area contributed by atoms with Crippen molar-refractivity contribution in [2.75, 3.05) is 45.8 Å². The van der Waals surface area contributed by atoms with E-state index in [1.807, 2.05) is 47.9 Å². The monoisotopic (exact) mass is 603 g/mol. The van der Waals surface area contributed by atoms with Crippen molar-refractivity contribution in [3.8, 4) is 5.82 Å². The molecule has 7 rings (SSSR count). The SMILES string of the molecule is Cc1nn(-c2cccnn2)c(C)c1C(=O)N1CC2CN(CCC3(c4ccccc4)CCN(C(=O)C4CC(F)(F)C4)C3)CC2C1. The first-order chi connectivity index (χ1) is 21.1. The molecule has 1 saturated carbocycles. The van der Waals surface area contributed by atoms with Gasteiger partial charge in [-0.25, -0.2) is 13.5 Å². The van der Waals surface area contributed by atoms with Crippen LogP contribution in [-0.2, 0) is 10.2 Å². The molecular formula is C33H39F2N7O2. The normalized spacial score (nSPS) is 26.6. The van der Waals surface area contributed by atoms with Gasteiger partial charge in [-0.05, 0) is 62.8 Å². The van der Waals surface area contributed by atoms with Gasteiger partial charge >= 0.3 is 0 Å². The van der Waals surface area contributed by atoms with E-state index >= 15 is 0 Å². The number of likely N-dealkylation sites (tertiary alicyclic amines) is 3. The van der Waals surface area contributed by atoms with Crippen molar-refractivity contribution >= 4 is 11.8 Å². The van der Waals surface area contributed by atoms with Gasteiger partial charge in [-0.3, -0.25) is 9.59 Å². The minimum Gasteiger partial charge on any atom is -0.342 e. The summed E-state index contributed by atoms with van der Waals surface area (Å²) in [5.41, 5.74) is 3.15. The van der Waals surface area contributed by atoms with Gasteiger partial charge in [0.2, 0.25) is 11.8 Å². The lowest BCUT2D eigenvalue weighted by Gasteiger charge is -2.37. The molecule has 3 saturated heterocycles. The molecule has 1 aliphatic carbocycles. The number of carbonyl (C=O) groups is 2. The molecule has 9 nitrogen and oxygen atoms in total. The lowest BCUT2D eigenvalue weighted by Crippen LogP contribution is -2.47. The summed E-state index contributed by atoms with van der Waals surface area (Å²) >= 11 is 0. The summed E-state index contributed by atoms with van der Waals surface area (Å²) < 4.78 is 28.7. The van der Waals surface area contributed by atoms with Crippen molar-refractivity contribution in [3.63, 3.8) is 0 Å². The number of halogens is 2. The highest BCUT2D eigenvalue weighted by Crippen LogP contribution is 2.45. The van der Waals surface area contributed by atoms with E-state index in [2.05, 4.69) is 32.3 Å². The number of alkyl halides is 2. The fraction of sp³-hybridized carbons (Fsp3) is 0.545. The maximum atomic E-state index is 13.7. The van der Waals surface area contributed by atoms with Gasteiger partial charge < -0.3 is 14.7 Å². The number of carbonyl (C=O) groups excluding carboxylic acids is 2. The van der Waals surface area contributed by atoms with E-state index in [-0.39, 0.29) is 30.1 Å². The maximum absolute atomic E-state index is 13.7. The highest BCUT2D eigenvalue weighted by atomic mass is 19.3. The van der Waals surface area contributed by atoms with Crippen molar-refractivity contribution in [2.45, 2.75) is 50.9 Å². The van der Waals surface area contributed by atoms with Crippen LogP contribution < -0.4 is 0 Å². The molecule has 0 N–H and O–H groups in total. The number of rotatable bonds is 7. The Kier molecular flexibility index (Phi) is 7.26. The molecule has 5 heterocycles. The third kappa shape index (κ3) is 5.18. The highest BCUT2D eigenvalue weighted by molar-refractivity contribution is 5.96. The zero-order valence-electron chi connectivity index (χ0n) is 25.3. The molecule has 3 unspecified atom stereocenters. The van der Waals surface area contributed by atoms with Gasteiger partial charge in [0.25, 0.3) is 5.91 Å². The lowest BCUT2D eigenvalue weighted by atomic mass is 9.76. The van der Waals surface area contributed by atoms with Crippen LogP contribution >= 0.6 is 0 Å². The predicted molar refractivity (Wildman–Crippen MR) is 160 cm³/mol. The molecule has 0 spiro atoms. The Balaban J connectivity index is 0.982. The molecule has 0 bridgehead atoms. The molecule has 0 radical (unpaired) electrons. The average Bonchev–Trinajstić information content (AvgIpc) is 3.77. The molecule has 232 valence electrons. The maximum Gasteiger partial charge on any atom is 0.257 e. The summed E-state index contributed by atoms with van der Waals surface area (Å²) in [6.45, 7) is 9.22. The van der Waals surface area contributed by atoms with Crippen molar-refractivity contribution in [3.05, 3.63) is 71.2 Å². The van der Waals surface area contributed by atoms with Crippen LogP contribution in [0.1, 0.15) is 53.0 Å². The van der Waals surface area contributed by atoms with Gasteiger partial charge in [0, 0.05) is 69.6 Å². The van der Waals surface area contributed by atoms with E-state index < -0.39 is 11.8 Å². The third-order valence-electron chi connectivity index (χ3n) is 10.5. The van der Waals surface area contributed by atoms with Gasteiger partial charge in [0.15, 0.2) is 5.82 Å². The Morgan fingerprint density at radius 3 is 2.34 bits per heavy atom. The van der Waals surface area contributed by atoms with Gasteiger partial charge in [0.1, 0.15) is 0 Å². The summed E-state index contributed by atoms with van der Waals surface area (Å²) in [7, 11) is 0. The van der Waals surface area contributed by atoms with E-state index in [4.69, 9.17) is 0 Å². The lowest BCUT2D eigenvalue weighted by molar-refractivity contribution is -0.159.